The Balaban J connectivity index is 1.19. The van der Waals surface area contributed by atoms with E-state index in [-0.39, 0.29) is 65.2 Å². The van der Waals surface area contributed by atoms with Crippen LogP contribution in [0.4, 0.5) is 0 Å². The highest BCUT2D eigenvalue weighted by atomic mass is 16.8. The number of carbonyl (C=O) groups is 4. The summed E-state index contributed by atoms with van der Waals surface area (Å²) in [5, 5.41) is 3.11. The molecule has 19 heteroatoms. The van der Waals surface area contributed by atoms with E-state index in [0.717, 1.165) is 59.9 Å². The molecule has 1 amide bonds. The molecule has 0 aromatic heterocycles. The Morgan fingerprint density at radius 3 is 1.45 bits per heavy atom. The second-order valence-corrected chi connectivity index (χ2v) is 22.4. The first-order valence-corrected chi connectivity index (χ1v) is 30.7. The van der Waals surface area contributed by atoms with Crippen LogP contribution < -0.4 is 5.32 Å². The van der Waals surface area contributed by atoms with Crippen molar-refractivity contribution in [3.63, 3.8) is 0 Å². The van der Waals surface area contributed by atoms with E-state index < -0.39 is 104 Å². The van der Waals surface area contributed by atoms with E-state index in [2.05, 4.69) is 5.32 Å². The average Bonchev–Trinajstić information content (AvgIpc) is 1.11. The summed E-state index contributed by atoms with van der Waals surface area (Å²) in [6.07, 6.45) is -8.65. The van der Waals surface area contributed by atoms with E-state index in [4.69, 9.17) is 66.3 Å². The second-order valence-electron chi connectivity index (χ2n) is 22.4. The summed E-state index contributed by atoms with van der Waals surface area (Å²) in [6.45, 7) is 6.90. The van der Waals surface area contributed by atoms with Crippen LogP contribution in [0.5, 0.6) is 0 Å². The van der Waals surface area contributed by atoms with Gasteiger partial charge < -0.3 is 71.6 Å². The highest BCUT2D eigenvalue weighted by Gasteiger charge is 2.56. The molecular weight excluding hydrogens is 1130 g/mol. The summed E-state index contributed by atoms with van der Waals surface area (Å²) < 4.78 is 92.7. The molecule has 3 saturated heterocycles. The molecule has 8 rings (SSSR count). The summed E-state index contributed by atoms with van der Waals surface area (Å²) in [6, 6.07) is 47.5. The van der Waals surface area contributed by atoms with E-state index in [0.29, 0.717) is 12.8 Å². The van der Waals surface area contributed by atoms with Gasteiger partial charge in [0.1, 0.15) is 48.8 Å². The standard InChI is InChI=1S/C69H87NO18/c1-47-61(79-42-53-31-19-12-20-32-53)65(80-43-54-33-21-13-22-34-54)66(81-44-55-35-23-14-24-36-55)69(82-47)88-64-60(70-48(2)71)67(78-38-26-9-7-6-8-25-37-59(74)75-5)86-58(46-77-41-52-29-17-11-18-30-52)62(64)87-68-63(84-50(4)73)57(83-49(3)72)39-56(85-68)45-76-40-51-27-15-10-16-28-51/h10-24,27-36,47,56-58,60-69H,6-9,25-26,37-46H2,1-5H3,(H,70,71)/t47-,56-,57-,58+,60+,61+,62+,63+,64+,65+,66-,67+,68-,69-/m0/s1. The number of nitrogens with one attached hydrogen (secondary N) is 1. The van der Waals surface area contributed by atoms with Gasteiger partial charge in [0, 0.05) is 40.2 Å². The van der Waals surface area contributed by atoms with Gasteiger partial charge in [-0.25, -0.2) is 0 Å². The van der Waals surface area contributed by atoms with Gasteiger partial charge in [0.25, 0.3) is 0 Å². The minimum absolute atomic E-state index is 0.0358. The molecule has 14 atom stereocenters. The zero-order valence-corrected chi connectivity index (χ0v) is 51.2. The summed E-state index contributed by atoms with van der Waals surface area (Å²) >= 11 is 0. The Hall–Kier alpha value is -6.46. The maximum atomic E-state index is 13.8. The molecule has 19 nitrogen and oxygen atoms in total. The number of amides is 1. The van der Waals surface area contributed by atoms with Crippen LogP contribution in [0.1, 0.15) is 107 Å². The topological polar surface area (TPSA) is 210 Å². The molecule has 3 fully saturated rings. The highest BCUT2D eigenvalue weighted by molar-refractivity contribution is 5.73. The third-order valence-corrected chi connectivity index (χ3v) is 15.4. The molecule has 0 radical (unpaired) electrons. The molecule has 0 unspecified atom stereocenters. The maximum Gasteiger partial charge on any atom is 0.305 e. The first kappa shape index (κ1) is 67.5. The SMILES string of the molecule is COC(=O)CCCCCCCCO[C@@H]1O[C@H](COCc2ccccc2)[C@@H](O[C@@H]2O[C@H](COCc3ccccc3)C[C@H](OC(C)=O)[C@H]2OC(C)=O)[C@H](O[C@@H]2O[C@@H](C)[C@@H](OCc3ccccc3)[C@@H](OCc3ccccc3)[C@@H]2OCc2ccccc2)[C@H]1NC(C)=O. The van der Waals surface area contributed by atoms with Gasteiger partial charge in [-0.1, -0.05) is 177 Å². The van der Waals surface area contributed by atoms with E-state index in [1.54, 1.807) is 0 Å². The molecule has 5 aromatic rings. The van der Waals surface area contributed by atoms with E-state index in [1.807, 2.05) is 159 Å². The Morgan fingerprint density at radius 2 is 0.932 bits per heavy atom. The van der Waals surface area contributed by atoms with Crippen LogP contribution in [0.2, 0.25) is 0 Å². The zero-order chi connectivity index (χ0) is 61.9. The number of methoxy groups -OCH3 is 1. The zero-order valence-electron chi connectivity index (χ0n) is 51.2. The van der Waals surface area contributed by atoms with Crippen molar-refractivity contribution in [2.75, 3.05) is 26.9 Å². The van der Waals surface area contributed by atoms with E-state index in [9.17, 15) is 19.2 Å². The van der Waals surface area contributed by atoms with Crippen molar-refractivity contribution in [1.29, 1.82) is 0 Å². The number of benzene rings is 5. The lowest BCUT2D eigenvalue weighted by atomic mass is 9.94. The van der Waals surface area contributed by atoms with Crippen LogP contribution >= 0.6 is 0 Å². The van der Waals surface area contributed by atoms with Gasteiger partial charge in [0.2, 0.25) is 5.91 Å². The van der Waals surface area contributed by atoms with Crippen molar-refractivity contribution in [3.05, 3.63) is 179 Å². The Labute approximate surface area is 517 Å². The lowest BCUT2D eigenvalue weighted by molar-refractivity contribution is -0.375. The summed E-state index contributed by atoms with van der Waals surface area (Å²) in [7, 11) is 1.39. The van der Waals surface area contributed by atoms with Gasteiger partial charge in [-0.05, 0) is 47.6 Å². The first-order chi connectivity index (χ1) is 42.9. The van der Waals surface area contributed by atoms with Crippen molar-refractivity contribution < 1.29 is 85.5 Å². The van der Waals surface area contributed by atoms with Crippen LogP contribution in [-0.4, -0.2) is 137 Å². The molecule has 0 bridgehead atoms. The van der Waals surface area contributed by atoms with Crippen molar-refractivity contribution >= 4 is 23.8 Å². The quantitative estimate of drug-likeness (QED) is 0.0231. The minimum Gasteiger partial charge on any atom is -0.469 e. The lowest BCUT2D eigenvalue weighted by Crippen LogP contribution is -2.69. The molecule has 0 spiro atoms. The normalized spacial score (nSPS) is 26.1. The Morgan fingerprint density at radius 1 is 0.466 bits per heavy atom. The monoisotopic (exact) mass is 1220 g/mol. The van der Waals surface area contributed by atoms with Gasteiger partial charge >= 0.3 is 17.9 Å². The molecule has 3 aliphatic heterocycles. The molecule has 476 valence electrons. The lowest BCUT2D eigenvalue weighted by Gasteiger charge is -2.51. The summed E-state index contributed by atoms with van der Waals surface area (Å²) in [5.74, 6) is -1.97. The second kappa shape index (κ2) is 36.3. The summed E-state index contributed by atoms with van der Waals surface area (Å²) in [4.78, 5) is 51.7. The minimum atomic E-state index is -1.47. The first-order valence-electron chi connectivity index (χ1n) is 30.7. The molecule has 3 aliphatic rings. The van der Waals surface area contributed by atoms with Crippen LogP contribution in [0.3, 0.4) is 0 Å². The number of esters is 3. The van der Waals surface area contributed by atoms with Crippen LogP contribution in [0.25, 0.3) is 0 Å². The average molecular weight is 1220 g/mol. The Bertz CT molecular complexity index is 2800. The number of carbonyl (C=O) groups excluding carboxylic acids is 4. The number of unbranched alkanes of at least 4 members (excludes halogenated alkanes) is 5. The van der Waals surface area contributed by atoms with Gasteiger partial charge in [-0.3, -0.25) is 19.2 Å². The molecule has 0 aliphatic carbocycles. The molecular formula is C69H87NO18. The van der Waals surface area contributed by atoms with Crippen molar-refractivity contribution in [1.82, 2.24) is 5.32 Å². The van der Waals surface area contributed by atoms with Crippen LogP contribution in [0, 0.1) is 0 Å². The van der Waals surface area contributed by atoms with E-state index in [1.165, 1.54) is 27.9 Å². The Kier molecular flexibility index (Phi) is 27.8. The predicted molar refractivity (Wildman–Crippen MR) is 322 cm³/mol. The fourth-order valence-electron chi connectivity index (χ4n) is 11.1. The number of hydrogen-bond donors (Lipinski definition) is 1. The van der Waals surface area contributed by atoms with Gasteiger partial charge in [0.15, 0.2) is 25.0 Å². The van der Waals surface area contributed by atoms with Gasteiger partial charge in [-0.2, -0.15) is 0 Å². The molecule has 3 heterocycles. The fraction of sp³-hybridized carbons (Fsp3) is 0.507. The third kappa shape index (κ3) is 21.7. The fourth-order valence-corrected chi connectivity index (χ4v) is 11.1. The van der Waals surface area contributed by atoms with Crippen molar-refractivity contribution in [2.45, 2.75) is 198 Å². The third-order valence-electron chi connectivity index (χ3n) is 15.4. The van der Waals surface area contributed by atoms with E-state index >= 15 is 0 Å². The van der Waals surface area contributed by atoms with Gasteiger partial charge in [-0.15, -0.1) is 0 Å². The smallest absolute Gasteiger partial charge is 0.305 e. The molecule has 88 heavy (non-hydrogen) atoms. The largest absolute Gasteiger partial charge is 0.469 e. The number of hydrogen-bond acceptors (Lipinski definition) is 18. The van der Waals surface area contributed by atoms with Gasteiger partial charge in [0.05, 0.1) is 65.6 Å². The van der Waals surface area contributed by atoms with Crippen molar-refractivity contribution in [2.24, 2.45) is 0 Å². The molecule has 0 saturated carbocycles. The number of rotatable bonds is 34. The van der Waals surface area contributed by atoms with Crippen molar-refractivity contribution in [3.8, 4) is 0 Å². The van der Waals surface area contributed by atoms with Crippen LogP contribution in [0.15, 0.2) is 152 Å². The van der Waals surface area contributed by atoms with Crippen LogP contribution in [-0.2, 0) is 119 Å². The highest BCUT2D eigenvalue weighted by Crippen LogP contribution is 2.38. The maximum absolute atomic E-state index is 13.8. The molecule has 5 aromatic carbocycles. The summed E-state index contributed by atoms with van der Waals surface area (Å²) in [5.41, 5.74) is 4.54. The molecule has 1 N–H and O–H groups in total. The number of ether oxygens (including phenoxy) is 14. The predicted octanol–water partition coefficient (Wildman–Crippen LogP) is 9.82.